The van der Waals surface area contributed by atoms with Gasteiger partial charge in [-0.2, -0.15) is 0 Å². The Morgan fingerprint density at radius 2 is 2.16 bits per heavy atom. The van der Waals surface area contributed by atoms with Crippen molar-refractivity contribution in [2.45, 2.75) is 20.4 Å². The minimum absolute atomic E-state index is 0.330. The van der Waals surface area contributed by atoms with Crippen molar-refractivity contribution in [2.75, 3.05) is 19.1 Å². The molecule has 0 fully saturated rings. The van der Waals surface area contributed by atoms with Crippen LogP contribution in [-0.4, -0.2) is 30.1 Å². The fraction of sp³-hybridized carbons (Fsp3) is 0.417. The molecule has 0 aromatic carbocycles. The maximum atomic E-state index is 11.6. The summed E-state index contributed by atoms with van der Waals surface area (Å²) >= 11 is 2.98. The Morgan fingerprint density at radius 3 is 2.74 bits per heavy atom. The summed E-state index contributed by atoms with van der Waals surface area (Å²) in [5.74, 6) is -0.330. The summed E-state index contributed by atoms with van der Waals surface area (Å²) in [7, 11) is 3.34. The summed E-state index contributed by atoms with van der Waals surface area (Å²) in [6.07, 6.45) is 0. The van der Waals surface area contributed by atoms with E-state index in [9.17, 15) is 4.79 Å². The fourth-order valence-corrected chi connectivity index (χ4v) is 3.36. The molecule has 0 aliphatic rings. The molecule has 0 aliphatic carbocycles. The summed E-state index contributed by atoms with van der Waals surface area (Å²) in [5.41, 5.74) is 3.59. The van der Waals surface area contributed by atoms with Gasteiger partial charge in [0.05, 0.1) is 30.6 Å². The monoisotopic (exact) mass is 297 g/mol. The van der Waals surface area contributed by atoms with E-state index in [-0.39, 0.29) is 5.97 Å². The molecule has 0 amide bonds. The van der Waals surface area contributed by atoms with E-state index in [1.807, 2.05) is 31.3 Å². The molecular weight excluding hydrogens is 282 g/mol. The zero-order valence-electron chi connectivity index (χ0n) is 11.3. The summed E-state index contributed by atoms with van der Waals surface area (Å²) in [4.78, 5) is 24.0. The fourth-order valence-electron chi connectivity index (χ4n) is 1.59. The molecule has 5 nitrogen and oxygen atoms in total. The Bertz CT molecular complexity index is 592. The van der Waals surface area contributed by atoms with Crippen LogP contribution in [-0.2, 0) is 11.3 Å². The molecule has 0 unspecified atom stereocenters. The van der Waals surface area contributed by atoms with Crippen molar-refractivity contribution in [1.29, 1.82) is 0 Å². The molecule has 0 saturated heterocycles. The van der Waals surface area contributed by atoms with Gasteiger partial charge in [0, 0.05) is 11.9 Å². The number of methoxy groups -OCH3 is 1. The molecule has 0 bridgehead atoms. The van der Waals surface area contributed by atoms with Crippen LogP contribution in [0.15, 0.2) is 5.51 Å². The molecule has 7 heteroatoms. The molecule has 0 spiro atoms. The number of hydrogen-bond acceptors (Lipinski definition) is 7. The average molecular weight is 297 g/mol. The molecule has 0 atom stereocenters. The Morgan fingerprint density at radius 1 is 1.42 bits per heavy atom. The minimum Gasteiger partial charge on any atom is -0.465 e. The number of thiazole rings is 2. The molecule has 0 aliphatic heterocycles. The predicted octanol–water partition coefficient (Wildman–Crippen LogP) is 2.64. The zero-order chi connectivity index (χ0) is 14.0. The normalized spacial score (nSPS) is 10.5. The Hall–Kier alpha value is -1.47. The van der Waals surface area contributed by atoms with Crippen LogP contribution in [0.1, 0.15) is 25.9 Å². The van der Waals surface area contributed by atoms with Crippen LogP contribution in [0, 0.1) is 13.8 Å². The molecule has 19 heavy (non-hydrogen) atoms. The van der Waals surface area contributed by atoms with Gasteiger partial charge in [0.25, 0.3) is 0 Å². The lowest BCUT2D eigenvalue weighted by Gasteiger charge is -2.14. The summed E-state index contributed by atoms with van der Waals surface area (Å²) in [5, 5.41) is 0.811. The highest BCUT2D eigenvalue weighted by molar-refractivity contribution is 7.17. The van der Waals surface area contributed by atoms with Gasteiger partial charge in [-0.1, -0.05) is 11.3 Å². The van der Waals surface area contributed by atoms with Crippen molar-refractivity contribution >= 4 is 33.8 Å². The van der Waals surface area contributed by atoms with E-state index < -0.39 is 0 Å². The molecular formula is C12H15N3O2S2. The van der Waals surface area contributed by atoms with E-state index in [4.69, 9.17) is 4.74 Å². The first-order valence-corrected chi connectivity index (χ1v) is 7.38. The van der Waals surface area contributed by atoms with Gasteiger partial charge in [0.1, 0.15) is 4.88 Å². The molecule has 2 aromatic heterocycles. The number of ether oxygens (including phenoxy) is 1. The van der Waals surface area contributed by atoms with Crippen molar-refractivity contribution in [3.8, 4) is 0 Å². The van der Waals surface area contributed by atoms with E-state index in [1.165, 1.54) is 23.3 Å². The second-order valence-corrected chi connectivity index (χ2v) is 6.04. The topological polar surface area (TPSA) is 55.3 Å². The standard InChI is InChI=1S/C12H15N3O2S2/c1-7-9(18-6-13-7)5-15(3)12-14-8(2)10(19-12)11(16)17-4/h6H,5H2,1-4H3. The van der Waals surface area contributed by atoms with Gasteiger partial charge in [-0.05, 0) is 13.8 Å². The van der Waals surface area contributed by atoms with Gasteiger partial charge in [-0.3, -0.25) is 0 Å². The van der Waals surface area contributed by atoms with Crippen LogP contribution >= 0.6 is 22.7 Å². The van der Waals surface area contributed by atoms with Gasteiger partial charge in [0.15, 0.2) is 5.13 Å². The van der Waals surface area contributed by atoms with Gasteiger partial charge in [0.2, 0.25) is 0 Å². The highest BCUT2D eigenvalue weighted by Gasteiger charge is 2.18. The second-order valence-electron chi connectivity index (χ2n) is 4.12. The second kappa shape index (κ2) is 5.66. The van der Waals surface area contributed by atoms with E-state index in [1.54, 1.807) is 11.3 Å². The Kier molecular flexibility index (Phi) is 4.16. The molecule has 2 heterocycles. The molecule has 0 saturated carbocycles. The SMILES string of the molecule is COC(=O)c1sc(N(C)Cc2scnc2C)nc1C. The van der Waals surface area contributed by atoms with E-state index >= 15 is 0 Å². The number of hydrogen-bond donors (Lipinski definition) is 0. The maximum absolute atomic E-state index is 11.6. The minimum atomic E-state index is -0.330. The van der Waals surface area contributed by atoms with Crippen molar-refractivity contribution < 1.29 is 9.53 Å². The lowest BCUT2D eigenvalue weighted by atomic mass is 10.4. The van der Waals surface area contributed by atoms with Crippen LogP contribution in [0.25, 0.3) is 0 Å². The Balaban J connectivity index is 2.18. The Labute approximate surface area is 119 Å². The predicted molar refractivity (Wildman–Crippen MR) is 77.1 cm³/mol. The lowest BCUT2D eigenvalue weighted by Crippen LogP contribution is -2.15. The van der Waals surface area contributed by atoms with Crippen molar-refractivity contribution in [3.63, 3.8) is 0 Å². The highest BCUT2D eigenvalue weighted by atomic mass is 32.1. The number of rotatable bonds is 4. The third-order valence-electron chi connectivity index (χ3n) is 2.71. The van der Waals surface area contributed by atoms with Crippen molar-refractivity contribution in [1.82, 2.24) is 9.97 Å². The number of anilines is 1. The van der Waals surface area contributed by atoms with Crippen molar-refractivity contribution in [3.05, 3.63) is 26.7 Å². The van der Waals surface area contributed by atoms with Gasteiger partial charge in [-0.25, -0.2) is 14.8 Å². The number of carbonyl (C=O) groups excluding carboxylic acids is 1. The van der Waals surface area contributed by atoms with Crippen molar-refractivity contribution in [2.24, 2.45) is 0 Å². The average Bonchev–Trinajstić information content (AvgIpc) is 2.95. The van der Waals surface area contributed by atoms with Crippen LogP contribution in [0.2, 0.25) is 0 Å². The first kappa shape index (κ1) is 14.0. The third-order valence-corrected chi connectivity index (χ3v) is 4.88. The third kappa shape index (κ3) is 2.93. The van der Waals surface area contributed by atoms with Gasteiger partial charge < -0.3 is 9.64 Å². The first-order valence-electron chi connectivity index (χ1n) is 5.68. The number of aryl methyl sites for hydroxylation is 2. The highest BCUT2D eigenvalue weighted by Crippen LogP contribution is 2.27. The molecule has 2 aromatic rings. The number of carbonyl (C=O) groups is 1. The van der Waals surface area contributed by atoms with Crippen LogP contribution < -0.4 is 4.90 Å². The molecule has 102 valence electrons. The van der Waals surface area contributed by atoms with Gasteiger partial charge >= 0.3 is 5.97 Å². The number of esters is 1. The summed E-state index contributed by atoms with van der Waals surface area (Å²) in [6, 6.07) is 0. The maximum Gasteiger partial charge on any atom is 0.350 e. The molecule has 2 rings (SSSR count). The smallest absolute Gasteiger partial charge is 0.350 e. The van der Waals surface area contributed by atoms with Crippen LogP contribution in [0.4, 0.5) is 5.13 Å². The summed E-state index contributed by atoms with van der Waals surface area (Å²) in [6.45, 7) is 4.55. The molecule has 0 N–H and O–H groups in total. The summed E-state index contributed by atoms with van der Waals surface area (Å²) < 4.78 is 4.74. The lowest BCUT2D eigenvalue weighted by molar-refractivity contribution is 0.0605. The largest absolute Gasteiger partial charge is 0.465 e. The van der Waals surface area contributed by atoms with E-state index in [0.717, 1.165) is 17.4 Å². The van der Waals surface area contributed by atoms with E-state index in [2.05, 4.69) is 9.97 Å². The first-order chi connectivity index (χ1) is 9.02. The molecule has 0 radical (unpaired) electrons. The zero-order valence-corrected chi connectivity index (χ0v) is 12.9. The number of nitrogens with zero attached hydrogens (tertiary/aromatic N) is 3. The van der Waals surface area contributed by atoms with E-state index in [0.29, 0.717) is 10.6 Å². The van der Waals surface area contributed by atoms with Crippen LogP contribution in [0.3, 0.4) is 0 Å². The number of aromatic nitrogens is 2. The van der Waals surface area contributed by atoms with Gasteiger partial charge in [-0.15, -0.1) is 11.3 Å². The van der Waals surface area contributed by atoms with Crippen LogP contribution in [0.5, 0.6) is 0 Å². The quantitative estimate of drug-likeness (QED) is 0.812.